The van der Waals surface area contributed by atoms with Crippen LogP contribution in [-0.2, 0) is 0 Å². The van der Waals surface area contributed by atoms with Crippen LogP contribution in [0.5, 0.6) is 0 Å². The van der Waals surface area contributed by atoms with E-state index in [0.29, 0.717) is 5.03 Å². The van der Waals surface area contributed by atoms with Crippen molar-refractivity contribution in [2.75, 3.05) is 0 Å². The summed E-state index contributed by atoms with van der Waals surface area (Å²) < 4.78 is 1.13. The van der Waals surface area contributed by atoms with Crippen LogP contribution in [-0.4, -0.2) is 4.98 Å². The van der Waals surface area contributed by atoms with E-state index in [2.05, 4.69) is 40.2 Å². The third kappa shape index (κ3) is 1.73. The first-order chi connectivity index (χ1) is 6.16. The van der Waals surface area contributed by atoms with E-state index >= 15 is 0 Å². The molecule has 0 aliphatic heterocycles. The molecule has 2 rings (SSSR count). The lowest BCUT2D eigenvalue weighted by atomic mass is 10.2. The number of hydrogen-bond donors (Lipinski definition) is 2. The van der Waals surface area contributed by atoms with Gasteiger partial charge < -0.3 is 4.98 Å². The van der Waals surface area contributed by atoms with Crippen molar-refractivity contribution in [2.24, 2.45) is 0 Å². The number of benzene rings is 1. The van der Waals surface area contributed by atoms with E-state index < -0.39 is 0 Å². The maximum Gasteiger partial charge on any atom is 0.249 e. The fourth-order valence-electron chi connectivity index (χ4n) is 1.22. The van der Waals surface area contributed by atoms with Crippen LogP contribution in [0.3, 0.4) is 0 Å². The van der Waals surface area contributed by atoms with Crippen LogP contribution in [0.25, 0.3) is 10.8 Å². The summed E-state index contributed by atoms with van der Waals surface area (Å²) in [7, 11) is 0. The largest absolute Gasteiger partial charge is 0.317 e. The van der Waals surface area contributed by atoms with Crippen LogP contribution in [0.4, 0.5) is 0 Å². The Balaban J connectivity index is 2.95. The number of fused-ring (bicyclic) bond motifs is 1. The number of aromatic nitrogens is 1. The minimum Gasteiger partial charge on any atom is -0.317 e. The highest BCUT2D eigenvalue weighted by Gasteiger charge is 1.99. The average molecular weight is 303 g/mol. The number of halogens is 1. The first kappa shape index (κ1) is 9.08. The fraction of sp³-hybridized carbons (Fsp3) is 0. The van der Waals surface area contributed by atoms with E-state index in [9.17, 15) is 4.79 Å². The van der Waals surface area contributed by atoms with Gasteiger partial charge in [0.1, 0.15) is 0 Å². The van der Waals surface area contributed by atoms with Gasteiger partial charge in [-0.15, -0.1) is 12.6 Å². The Morgan fingerprint density at radius 1 is 1.31 bits per heavy atom. The van der Waals surface area contributed by atoms with Gasteiger partial charge in [-0.05, 0) is 40.1 Å². The molecule has 66 valence electrons. The monoisotopic (exact) mass is 303 g/mol. The molecule has 0 radical (unpaired) electrons. The van der Waals surface area contributed by atoms with Gasteiger partial charge in [0.05, 0.1) is 5.03 Å². The summed E-state index contributed by atoms with van der Waals surface area (Å²) in [6.07, 6.45) is 0. The molecule has 1 aromatic heterocycles. The fourth-order valence-corrected chi connectivity index (χ4v) is 2.02. The molecule has 0 aliphatic rings. The first-order valence-corrected chi connectivity index (χ1v) is 5.21. The summed E-state index contributed by atoms with van der Waals surface area (Å²) in [5.74, 6) is 0. The summed E-state index contributed by atoms with van der Waals surface area (Å²) in [5, 5.41) is 2.53. The molecule has 1 heterocycles. The SMILES string of the molecule is O=c1cc2ccc(I)cc2c(S)[nH]1. The van der Waals surface area contributed by atoms with Crippen molar-refractivity contribution in [3.63, 3.8) is 0 Å². The second-order valence-electron chi connectivity index (χ2n) is 2.71. The smallest absolute Gasteiger partial charge is 0.249 e. The predicted molar refractivity (Wildman–Crippen MR) is 64.5 cm³/mol. The maximum atomic E-state index is 11.1. The Morgan fingerprint density at radius 2 is 2.08 bits per heavy atom. The zero-order valence-corrected chi connectivity index (χ0v) is 9.59. The van der Waals surface area contributed by atoms with Gasteiger partial charge >= 0.3 is 0 Å². The van der Waals surface area contributed by atoms with Crippen molar-refractivity contribution in [1.29, 1.82) is 0 Å². The molecule has 13 heavy (non-hydrogen) atoms. The number of H-pyrrole nitrogens is 1. The lowest BCUT2D eigenvalue weighted by molar-refractivity contribution is 1.12. The highest BCUT2D eigenvalue weighted by molar-refractivity contribution is 14.1. The number of pyridine rings is 1. The van der Waals surface area contributed by atoms with Crippen molar-refractivity contribution in [3.05, 3.63) is 38.2 Å². The van der Waals surface area contributed by atoms with Gasteiger partial charge in [-0.25, -0.2) is 0 Å². The minimum absolute atomic E-state index is 0.112. The van der Waals surface area contributed by atoms with Gasteiger partial charge in [-0.2, -0.15) is 0 Å². The van der Waals surface area contributed by atoms with E-state index in [1.807, 2.05) is 18.2 Å². The molecule has 2 aromatic rings. The van der Waals surface area contributed by atoms with Crippen molar-refractivity contribution >= 4 is 46.0 Å². The number of thiol groups is 1. The normalized spacial score (nSPS) is 10.6. The third-order valence-corrected chi connectivity index (χ3v) is 2.82. The second-order valence-corrected chi connectivity index (χ2v) is 4.41. The molecular formula is C9H6INOS. The summed E-state index contributed by atoms with van der Waals surface area (Å²) in [6, 6.07) is 7.46. The molecule has 2 nitrogen and oxygen atoms in total. The molecule has 0 amide bonds. The van der Waals surface area contributed by atoms with E-state index in [4.69, 9.17) is 0 Å². The quantitative estimate of drug-likeness (QED) is 0.569. The number of hydrogen-bond acceptors (Lipinski definition) is 2. The van der Waals surface area contributed by atoms with Gasteiger partial charge in [0, 0.05) is 15.0 Å². The summed E-state index contributed by atoms with van der Waals surface area (Å²) in [6.45, 7) is 0. The molecular weight excluding hydrogens is 297 g/mol. The highest BCUT2D eigenvalue weighted by Crippen LogP contribution is 2.20. The Morgan fingerprint density at radius 3 is 2.85 bits per heavy atom. The molecule has 0 unspecified atom stereocenters. The van der Waals surface area contributed by atoms with Gasteiger partial charge in [-0.3, -0.25) is 4.79 Å². The third-order valence-electron chi connectivity index (χ3n) is 1.80. The van der Waals surface area contributed by atoms with Crippen molar-refractivity contribution < 1.29 is 0 Å². The van der Waals surface area contributed by atoms with E-state index in [1.54, 1.807) is 6.07 Å². The molecule has 0 saturated heterocycles. The van der Waals surface area contributed by atoms with E-state index in [-0.39, 0.29) is 5.56 Å². The Bertz CT molecular complexity index is 520. The Labute approximate surface area is 93.9 Å². The van der Waals surface area contributed by atoms with E-state index in [0.717, 1.165) is 14.3 Å². The van der Waals surface area contributed by atoms with Crippen molar-refractivity contribution in [3.8, 4) is 0 Å². The van der Waals surface area contributed by atoms with Crippen LogP contribution in [0, 0.1) is 3.57 Å². The lowest BCUT2D eigenvalue weighted by Crippen LogP contribution is -2.03. The number of aromatic amines is 1. The molecule has 0 bridgehead atoms. The molecule has 0 saturated carbocycles. The molecule has 1 aromatic carbocycles. The van der Waals surface area contributed by atoms with Crippen molar-refractivity contribution in [2.45, 2.75) is 5.03 Å². The van der Waals surface area contributed by atoms with Crippen LogP contribution in [0.15, 0.2) is 34.1 Å². The number of nitrogens with one attached hydrogen (secondary N) is 1. The zero-order valence-electron chi connectivity index (χ0n) is 6.54. The summed E-state index contributed by atoms with van der Waals surface area (Å²) in [5.41, 5.74) is -0.112. The van der Waals surface area contributed by atoms with Gasteiger partial charge in [0.2, 0.25) is 5.56 Å². The zero-order chi connectivity index (χ0) is 9.42. The maximum absolute atomic E-state index is 11.1. The molecule has 0 spiro atoms. The molecule has 0 fully saturated rings. The van der Waals surface area contributed by atoms with Crippen LogP contribution < -0.4 is 5.56 Å². The molecule has 1 N–H and O–H groups in total. The van der Waals surface area contributed by atoms with Crippen molar-refractivity contribution in [1.82, 2.24) is 4.98 Å². The lowest BCUT2D eigenvalue weighted by Gasteiger charge is -2.00. The Hall–Kier alpha value is -0.490. The van der Waals surface area contributed by atoms with Crippen LogP contribution in [0.1, 0.15) is 0 Å². The van der Waals surface area contributed by atoms with Gasteiger partial charge in [0.15, 0.2) is 0 Å². The van der Waals surface area contributed by atoms with Crippen LogP contribution >= 0.6 is 35.2 Å². The predicted octanol–water partition coefficient (Wildman–Crippen LogP) is 2.42. The average Bonchev–Trinajstić information content (AvgIpc) is 2.06. The van der Waals surface area contributed by atoms with Gasteiger partial charge in [0.25, 0.3) is 0 Å². The van der Waals surface area contributed by atoms with Crippen LogP contribution in [0.2, 0.25) is 0 Å². The Kier molecular flexibility index (Phi) is 2.33. The molecule has 0 atom stereocenters. The second kappa shape index (κ2) is 3.34. The standard InChI is InChI=1S/C9H6INOS/c10-6-2-1-5-3-8(12)11-9(13)7(5)4-6/h1-4H,(H2,11,12,13). The minimum atomic E-state index is -0.112. The summed E-state index contributed by atoms with van der Waals surface area (Å²) >= 11 is 6.44. The highest BCUT2D eigenvalue weighted by atomic mass is 127. The first-order valence-electron chi connectivity index (χ1n) is 3.68. The topological polar surface area (TPSA) is 32.9 Å². The molecule has 0 aliphatic carbocycles. The summed E-state index contributed by atoms with van der Waals surface area (Å²) in [4.78, 5) is 13.7. The number of rotatable bonds is 0. The van der Waals surface area contributed by atoms with E-state index in [1.165, 1.54) is 0 Å². The van der Waals surface area contributed by atoms with Gasteiger partial charge in [-0.1, -0.05) is 6.07 Å². The molecule has 4 heteroatoms.